The van der Waals surface area contributed by atoms with Gasteiger partial charge < -0.3 is 0 Å². The van der Waals surface area contributed by atoms with Gasteiger partial charge in [0, 0.05) is 18.8 Å². The molecule has 0 aromatic carbocycles. The van der Waals surface area contributed by atoms with Gasteiger partial charge in [-0.2, -0.15) is 0 Å². The number of rotatable bonds is 8. The highest BCUT2D eigenvalue weighted by Gasteiger charge is 2.20. The lowest BCUT2D eigenvalue weighted by molar-refractivity contribution is -0.123. The molecule has 0 aromatic heterocycles. The first-order valence-corrected chi connectivity index (χ1v) is 6.05. The second kappa shape index (κ2) is 7.61. The summed E-state index contributed by atoms with van der Waals surface area (Å²) in [5.41, 5.74) is 0. The molecule has 15 heavy (non-hydrogen) atoms. The summed E-state index contributed by atoms with van der Waals surface area (Å²) in [4.78, 5) is 22.8. The molecule has 0 heterocycles. The number of hydrogen-bond donors (Lipinski definition) is 0. The van der Waals surface area contributed by atoms with E-state index in [2.05, 4.69) is 13.8 Å². The smallest absolute Gasteiger partial charge is 0.133 e. The topological polar surface area (TPSA) is 34.1 Å². The van der Waals surface area contributed by atoms with Gasteiger partial charge in [-0.1, -0.05) is 27.2 Å². The minimum atomic E-state index is 0.0795. The Labute approximate surface area is 93.4 Å². The second-order valence-electron chi connectivity index (χ2n) is 4.43. The molecule has 0 fully saturated rings. The Balaban J connectivity index is 4.07. The van der Waals surface area contributed by atoms with E-state index in [-0.39, 0.29) is 11.7 Å². The Morgan fingerprint density at radius 2 is 1.73 bits per heavy atom. The van der Waals surface area contributed by atoms with Crippen molar-refractivity contribution in [2.45, 2.75) is 59.8 Å². The van der Waals surface area contributed by atoms with Crippen LogP contribution in [0.2, 0.25) is 0 Å². The lowest BCUT2D eigenvalue weighted by Crippen LogP contribution is -2.20. The maximum absolute atomic E-state index is 11.4. The van der Waals surface area contributed by atoms with Crippen molar-refractivity contribution in [3.05, 3.63) is 0 Å². The van der Waals surface area contributed by atoms with E-state index in [4.69, 9.17) is 0 Å². The second-order valence-corrected chi connectivity index (χ2v) is 4.43. The van der Waals surface area contributed by atoms with Crippen LogP contribution in [-0.2, 0) is 9.59 Å². The highest BCUT2D eigenvalue weighted by molar-refractivity contribution is 5.81. The Kier molecular flexibility index (Phi) is 7.27. The molecule has 0 amide bonds. The standard InChI is InChI=1S/C13H24O2/c1-5-7-12(15)8-9-13(11(4)14)10(3)6-2/h10,13H,5-9H2,1-4H3. The largest absolute Gasteiger partial charge is 0.300 e. The molecule has 0 N–H and O–H groups in total. The summed E-state index contributed by atoms with van der Waals surface area (Å²) in [6.07, 6.45) is 3.88. The zero-order chi connectivity index (χ0) is 11.8. The zero-order valence-corrected chi connectivity index (χ0v) is 10.5. The average Bonchev–Trinajstić information content (AvgIpc) is 2.17. The molecule has 2 heteroatoms. The zero-order valence-electron chi connectivity index (χ0n) is 10.5. The van der Waals surface area contributed by atoms with Gasteiger partial charge in [-0.3, -0.25) is 9.59 Å². The van der Waals surface area contributed by atoms with Gasteiger partial charge in [0.15, 0.2) is 0 Å². The van der Waals surface area contributed by atoms with E-state index >= 15 is 0 Å². The summed E-state index contributed by atoms with van der Waals surface area (Å²) in [6.45, 7) is 7.83. The molecule has 0 spiro atoms. The van der Waals surface area contributed by atoms with Gasteiger partial charge in [0.1, 0.15) is 11.6 Å². The van der Waals surface area contributed by atoms with Gasteiger partial charge in [0.2, 0.25) is 0 Å². The number of hydrogen-bond acceptors (Lipinski definition) is 2. The van der Waals surface area contributed by atoms with Gasteiger partial charge in [-0.15, -0.1) is 0 Å². The van der Waals surface area contributed by atoms with Crippen molar-refractivity contribution >= 4 is 11.6 Å². The monoisotopic (exact) mass is 212 g/mol. The number of carbonyl (C=O) groups is 2. The summed E-state index contributed by atoms with van der Waals surface area (Å²) in [5.74, 6) is 1.01. The van der Waals surface area contributed by atoms with E-state index in [0.717, 1.165) is 19.3 Å². The van der Waals surface area contributed by atoms with Gasteiger partial charge >= 0.3 is 0 Å². The highest BCUT2D eigenvalue weighted by Crippen LogP contribution is 2.22. The fourth-order valence-electron chi connectivity index (χ4n) is 1.89. The fraction of sp³-hybridized carbons (Fsp3) is 0.846. The first-order chi connectivity index (χ1) is 7.02. The van der Waals surface area contributed by atoms with Crippen LogP contribution in [0, 0.1) is 11.8 Å². The van der Waals surface area contributed by atoms with Crippen molar-refractivity contribution in [1.29, 1.82) is 0 Å². The Morgan fingerprint density at radius 1 is 1.13 bits per heavy atom. The van der Waals surface area contributed by atoms with Crippen LogP contribution >= 0.6 is 0 Å². The third-order valence-corrected chi connectivity index (χ3v) is 3.12. The van der Waals surface area contributed by atoms with Gasteiger partial charge in [0.05, 0.1) is 0 Å². The number of Topliss-reactive ketones (excluding diaryl/α,β-unsaturated/α-hetero) is 2. The lowest BCUT2D eigenvalue weighted by atomic mass is 9.84. The summed E-state index contributed by atoms with van der Waals surface area (Å²) < 4.78 is 0. The predicted octanol–water partition coefficient (Wildman–Crippen LogP) is 3.39. The van der Waals surface area contributed by atoms with Crippen LogP contribution in [0.3, 0.4) is 0 Å². The van der Waals surface area contributed by atoms with Crippen LogP contribution in [0.4, 0.5) is 0 Å². The van der Waals surface area contributed by atoms with Crippen LogP contribution < -0.4 is 0 Å². The summed E-state index contributed by atoms with van der Waals surface area (Å²) >= 11 is 0. The molecule has 0 saturated heterocycles. The molecule has 2 nitrogen and oxygen atoms in total. The van der Waals surface area contributed by atoms with Crippen molar-refractivity contribution in [1.82, 2.24) is 0 Å². The van der Waals surface area contributed by atoms with Gasteiger partial charge in [-0.25, -0.2) is 0 Å². The van der Waals surface area contributed by atoms with E-state index in [1.807, 2.05) is 6.92 Å². The molecule has 0 bridgehead atoms. The molecule has 2 unspecified atom stereocenters. The van der Waals surface area contributed by atoms with Crippen molar-refractivity contribution in [2.24, 2.45) is 11.8 Å². The summed E-state index contributed by atoms with van der Waals surface area (Å²) in [6, 6.07) is 0. The molecule has 0 aliphatic heterocycles. The Morgan fingerprint density at radius 3 is 2.13 bits per heavy atom. The van der Waals surface area contributed by atoms with Crippen molar-refractivity contribution in [3.8, 4) is 0 Å². The van der Waals surface area contributed by atoms with Crippen LogP contribution in [0.15, 0.2) is 0 Å². The average molecular weight is 212 g/mol. The van der Waals surface area contributed by atoms with E-state index in [1.54, 1.807) is 6.92 Å². The molecular weight excluding hydrogens is 188 g/mol. The van der Waals surface area contributed by atoms with Crippen molar-refractivity contribution in [3.63, 3.8) is 0 Å². The molecule has 0 saturated carbocycles. The molecule has 2 atom stereocenters. The molecule has 0 aliphatic rings. The van der Waals surface area contributed by atoms with Gasteiger partial charge in [-0.05, 0) is 25.7 Å². The molecule has 0 aromatic rings. The lowest BCUT2D eigenvalue weighted by Gasteiger charge is -2.19. The Hall–Kier alpha value is -0.660. The van der Waals surface area contributed by atoms with Crippen LogP contribution in [0.5, 0.6) is 0 Å². The van der Waals surface area contributed by atoms with E-state index in [0.29, 0.717) is 24.5 Å². The number of ketones is 2. The highest BCUT2D eigenvalue weighted by atomic mass is 16.1. The van der Waals surface area contributed by atoms with Crippen molar-refractivity contribution in [2.75, 3.05) is 0 Å². The molecule has 0 radical (unpaired) electrons. The third-order valence-electron chi connectivity index (χ3n) is 3.12. The molecular formula is C13H24O2. The van der Waals surface area contributed by atoms with E-state index < -0.39 is 0 Å². The quantitative estimate of drug-likeness (QED) is 0.618. The molecule has 88 valence electrons. The van der Waals surface area contributed by atoms with Crippen LogP contribution in [0.25, 0.3) is 0 Å². The first kappa shape index (κ1) is 14.3. The maximum Gasteiger partial charge on any atom is 0.133 e. The number of carbonyl (C=O) groups excluding carboxylic acids is 2. The minimum Gasteiger partial charge on any atom is -0.300 e. The van der Waals surface area contributed by atoms with Crippen LogP contribution in [-0.4, -0.2) is 11.6 Å². The third kappa shape index (κ3) is 5.71. The maximum atomic E-state index is 11.4. The summed E-state index contributed by atoms with van der Waals surface area (Å²) in [7, 11) is 0. The van der Waals surface area contributed by atoms with Gasteiger partial charge in [0.25, 0.3) is 0 Å². The SMILES string of the molecule is CCCC(=O)CCC(C(C)=O)C(C)CC. The molecule has 0 rings (SSSR count). The van der Waals surface area contributed by atoms with E-state index in [1.165, 1.54) is 0 Å². The summed E-state index contributed by atoms with van der Waals surface area (Å²) in [5, 5.41) is 0. The predicted molar refractivity (Wildman–Crippen MR) is 62.8 cm³/mol. The van der Waals surface area contributed by atoms with Crippen molar-refractivity contribution < 1.29 is 9.59 Å². The first-order valence-electron chi connectivity index (χ1n) is 6.05. The van der Waals surface area contributed by atoms with Crippen LogP contribution in [0.1, 0.15) is 59.8 Å². The Bertz CT molecular complexity index is 209. The minimum absolute atomic E-state index is 0.0795. The van der Waals surface area contributed by atoms with E-state index in [9.17, 15) is 9.59 Å². The molecule has 0 aliphatic carbocycles. The fourth-order valence-corrected chi connectivity index (χ4v) is 1.89. The normalized spacial score (nSPS) is 14.7.